The van der Waals surface area contributed by atoms with Gasteiger partial charge in [0.25, 0.3) is 0 Å². The van der Waals surface area contributed by atoms with Crippen LogP contribution in [0.4, 0.5) is 5.82 Å². The number of hydrogen-bond acceptors (Lipinski definition) is 5. The molecule has 0 bridgehead atoms. The lowest BCUT2D eigenvalue weighted by Crippen LogP contribution is -2.41. The Labute approximate surface area is 168 Å². The van der Waals surface area contributed by atoms with E-state index in [9.17, 15) is 5.11 Å². The quantitative estimate of drug-likeness (QED) is 0.727. The molecule has 0 radical (unpaired) electrons. The highest BCUT2D eigenvalue weighted by Crippen LogP contribution is 2.33. The molecule has 0 spiro atoms. The number of ether oxygens (including phenoxy) is 1. The smallest absolute Gasteiger partial charge is 0.128 e. The van der Waals surface area contributed by atoms with Gasteiger partial charge >= 0.3 is 0 Å². The number of methoxy groups -OCH3 is 1. The molecule has 2 heterocycles. The summed E-state index contributed by atoms with van der Waals surface area (Å²) in [5.41, 5.74) is 10.4. The van der Waals surface area contributed by atoms with Crippen molar-refractivity contribution in [2.75, 3.05) is 32.5 Å². The lowest BCUT2D eigenvalue weighted by Gasteiger charge is -2.35. The van der Waals surface area contributed by atoms with Gasteiger partial charge in [-0.2, -0.15) is 0 Å². The van der Waals surface area contributed by atoms with Crippen molar-refractivity contribution in [1.82, 2.24) is 9.88 Å². The van der Waals surface area contributed by atoms with Gasteiger partial charge in [0, 0.05) is 24.8 Å². The fourth-order valence-electron chi connectivity index (χ4n) is 4.29. The molecule has 0 amide bonds. The van der Waals surface area contributed by atoms with Crippen molar-refractivity contribution < 1.29 is 9.84 Å². The van der Waals surface area contributed by atoms with Gasteiger partial charge in [-0.05, 0) is 74.0 Å². The van der Waals surface area contributed by atoms with Crippen LogP contribution in [0.5, 0.6) is 5.75 Å². The number of hydrogen-bond donors (Lipinski definition) is 2. The molecular formula is C23H33N3O2. The zero-order valence-electron chi connectivity index (χ0n) is 17.2. The van der Waals surface area contributed by atoms with Crippen LogP contribution in [-0.2, 0) is 12.8 Å². The van der Waals surface area contributed by atoms with Crippen LogP contribution in [-0.4, -0.2) is 47.8 Å². The zero-order valence-corrected chi connectivity index (χ0v) is 17.2. The number of aliphatic hydroxyl groups excluding tert-OH is 1. The first-order valence-corrected chi connectivity index (χ1v) is 10.4. The third-order valence-corrected chi connectivity index (χ3v) is 5.83. The minimum atomic E-state index is 0.275. The molecule has 152 valence electrons. The maximum Gasteiger partial charge on any atom is 0.128 e. The van der Waals surface area contributed by atoms with E-state index in [0.717, 1.165) is 49.4 Å². The first-order valence-electron chi connectivity index (χ1n) is 10.4. The average Bonchev–Trinajstić information content (AvgIpc) is 2.72. The number of pyridine rings is 1. The summed E-state index contributed by atoms with van der Waals surface area (Å²) in [5, 5.41) is 9.37. The number of anilines is 1. The van der Waals surface area contributed by atoms with Gasteiger partial charge in [-0.25, -0.2) is 4.98 Å². The minimum absolute atomic E-state index is 0.275. The van der Waals surface area contributed by atoms with Crippen LogP contribution >= 0.6 is 0 Å². The lowest BCUT2D eigenvalue weighted by atomic mass is 9.95. The molecule has 5 heteroatoms. The molecular weight excluding hydrogens is 350 g/mol. The van der Waals surface area contributed by atoms with Crippen molar-refractivity contribution >= 4 is 5.82 Å². The van der Waals surface area contributed by atoms with Crippen molar-refractivity contribution in [1.29, 1.82) is 0 Å². The number of nitrogen functional groups attached to an aromatic ring is 1. The first-order chi connectivity index (χ1) is 13.7. The number of aryl methyl sites for hydroxylation is 1. The number of nitrogens with zero attached hydrogens (tertiary/aromatic N) is 2. The van der Waals surface area contributed by atoms with E-state index in [2.05, 4.69) is 28.9 Å². The van der Waals surface area contributed by atoms with Gasteiger partial charge in [-0.3, -0.25) is 4.90 Å². The number of likely N-dealkylation sites (tertiary alicyclic amines) is 1. The Morgan fingerprint density at radius 3 is 2.82 bits per heavy atom. The fourth-order valence-corrected chi connectivity index (χ4v) is 4.29. The second-order valence-electron chi connectivity index (χ2n) is 7.57. The topological polar surface area (TPSA) is 71.6 Å². The SMILES string of the molecule is CCc1cc(-c2cccc(N)n2)c(OC)cc1CCN1CCCCC1CCO. The van der Waals surface area contributed by atoms with Crippen molar-refractivity contribution in [3.63, 3.8) is 0 Å². The van der Waals surface area contributed by atoms with E-state index in [-0.39, 0.29) is 6.61 Å². The third-order valence-electron chi connectivity index (χ3n) is 5.83. The highest BCUT2D eigenvalue weighted by atomic mass is 16.5. The van der Waals surface area contributed by atoms with E-state index in [4.69, 9.17) is 10.5 Å². The monoisotopic (exact) mass is 383 g/mol. The van der Waals surface area contributed by atoms with Gasteiger partial charge in [0.1, 0.15) is 11.6 Å². The lowest BCUT2D eigenvalue weighted by molar-refractivity contribution is 0.120. The molecule has 1 atom stereocenters. The summed E-state index contributed by atoms with van der Waals surface area (Å²) in [6.07, 6.45) is 6.57. The maximum absolute atomic E-state index is 9.37. The molecule has 1 saturated heterocycles. The van der Waals surface area contributed by atoms with E-state index in [0.29, 0.717) is 11.9 Å². The van der Waals surface area contributed by atoms with E-state index in [1.165, 1.54) is 30.4 Å². The zero-order chi connectivity index (χ0) is 19.9. The molecule has 2 aromatic rings. The summed E-state index contributed by atoms with van der Waals surface area (Å²) in [5.74, 6) is 1.36. The minimum Gasteiger partial charge on any atom is -0.496 e. The number of aromatic nitrogens is 1. The number of nitrogens with two attached hydrogens (primary N) is 1. The Bertz CT molecular complexity index is 776. The third kappa shape index (κ3) is 4.83. The van der Waals surface area contributed by atoms with Gasteiger partial charge < -0.3 is 15.6 Å². The molecule has 5 nitrogen and oxygen atoms in total. The number of aliphatic hydroxyl groups is 1. The molecule has 1 unspecified atom stereocenters. The number of benzene rings is 1. The van der Waals surface area contributed by atoms with Crippen LogP contribution in [0.25, 0.3) is 11.3 Å². The van der Waals surface area contributed by atoms with Gasteiger partial charge in [0.05, 0.1) is 12.8 Å². The molecule has 28 heavy (non-hydrogen) atoms. The molecule has 1 aliphatic rings. The molecule has 0 saturated carbocycles. The summed E-state index contributed by atoms with van der Waals surface area (Å²) in [4.78, 5) is 7.03. The fraction of sp³-hybridized carbons (Fsp3) is 0.522. The second-order valence-corrected chi connectivity index (χ2v) is 7.57. The predicted octanol–water partition coefficient (Wildman–Crippen LogP) is 3.68. The van der Waals surface area contributed by atoms with Crippen LogP contribution in [0.3, 0.4) is 0 Å². The van der Waals surface area contributed by atoms with Crippen LogP contribution in [0.2, 0.25) is 0 Å². The highest BCUT2D eigenvalue weighted by molar-refractivity contribution is 5.70. The molecule has 0 aliphatic carbocycles. The molecule has 3 N–H and O–H groups in total. The van der Waals surface area contributed by atoms with E-state index in [1.807, 2.05) is 12.1 Å². The highest BCUT2D eigenvalue weighted by Gasteiger charge is 2.22. The Hall–Kier alpha value is -2.11. The Balaban J connectivity index is 1.83. The largest absolute Gasteiger partial charge is 0.496 e. The summed E-state index contributed by atoms with van der Waals surface area (Å²) >= 11 is 0. The van der Waals surface area contributed by atoms with E-state index in [1.54, 1.807) is 13.2 Å². The van der Waals surface area contributed by atoms with Crippen LogP contribution < -0.4 is 10.5 Å². The molecule has 1 fully saturated rings. The average molecular weight is 384 g/mol. The van der Waals surface area contributed by atoms with E-state index < -0.39 is 0 Å². The summed E-state index contributed by atoms with van der Waals surface area (Å²) in [6.45, 7) is 4.62. The molecule has 1 aromatic heterocycles. The second kappa shape index (κ2) is 9.89. The van der Waals surface area contributed by atoms with Crippen molar-refractivity contribution in [2.24, 2.45) is 0 Å². The molecule has 1 aliphatic heterocycles. The van der Waals surface area contributed by atoms with E-state index >= 15 is 0 Å². The molecule has 1 aromatic carbocycles. The Morgan fingerprint density at radius 2 is 2.11 bits per heavy atom. The number of piperidine rings is 1. The first kappa shape index (κ1) is 20.6. The van der Waals surface area contributed by atoms with Crippen molar-refractivity contribution in [3.05, 3.63) is 41.5 Å². The Kier molecular flexibility index (Phi) is 7.29. The molecule has 3 rings (SSSR count). The summed E-state index contributed by atoms with van der Waals surface area (Å²) in [7, 11) is 1.71. The van der Waals surface area contributed by atoms with Crippen molar-refractivity contribution in [3.8, 4) is 17.0 Å². The van der Waals surface area contributed by atoms with Gasteiger partial charge in [-0.15, -0.1) is 0 Å². The van der Waals surface area contributed by atoms with Crippen LogP contribution in [0, 0.1) is 0 Å². The van der Waals surface area contributed by atoms with Gasteiger partial charge in [-0.1, -0.05) is 19.4 Å². The van der Waals surface area contributed by atoms with Crippen molar-refractivity contribution in [2.45, 2.75) is 51.5 Å². The summed E-state index contributed by atoms with van der Waals surface area (Å²) < 4.78 is 5.70. The number of rotatable bonds is 8. The van der Waals surface area contributed by atoms with Gasteiger partial charge in [0.15, 0.2) is 0 Å². The predicted molar refractivity (Wildman–Crippen MR) is 115 cm³/mol. The maximum atomic E-state index is 9.37. The van der Waals surface area contributed by atoms with Crippen LogP contribution in [0.1, 0.15) is 43.7 Å². The Morgan fingerprint density at radius 1 is 1.25 bits per heavy atom. The van der Waals surface area contributed by atoms with Gasteiger partial charge in [0.2, 0.25) is 0 Å². The standard InChI is InChI=1S/C23H33N3O2/c1-3-17-15-20(21-8-6-9-23(24)25-21)22(28-2)16-18(17)10-13-26-12-5-4-7-19(26)11-14-27/h6,8-9,15-16,19,27H,3-5,7,10-14H2,1-2H3,(H2,24,25). The summed E-state index contributed by atoms with van der Waals surface area (Å²) in [6, 6.07) is 10.6. The normalized spacial score (nSPS) is 17.6. The van der Waals surface area contributed by atoms with Crippen LogP contribution in [0.15, 0.2) is 30.3 Å².